The molecule has 3 aromatic carbocycles. The summed E-state index contributed by atoms with van der Waals surface area (Å²) in [5.74, 6) is -0.992. The van der Waals surface area contributed by atoms with Crippen molar-refractivity contribution in [2.45, 2.75) is 6.61 Å². The fraction of sp³-hybridized carbons (Fsp3) is 0.0769. The third-order valence-corrected chi connectivity index (χ3v) is 5.57. The molecule has 0 saturated heterocycles. The Morgan fingerprint density at radius 1 is 0.788 bits per heavy atom. The first kappa shape index (κ1) is 20.4. The fourth-order valence-electron chi connectivity index (χ4n) is 3.94. The van der Waals surface area contributed by atoms with Gasteiger partial charge in [-0.05, 0) is 35.9 Å². The van der Waals surface area contributed by atoms with Gasteiger partial charge in [0.1, 0.15) is 12.4 Å². The summed E-state index contributed by atoms with van der Waals surface area (Å²) in [6, 6.07) is 22.1. The lowest BCUT2D eigenvalue weighted by Crippen LogP contribution is -2.35. The molecule has 1 aliphatic rings. The van der Waals surface area contributed by atoms with E-state index < -0.39 is 24.1 Å². The van der Waals surface area contributed by atoms with Gasteiger partial charge in [-0.2, -0.15) is 0 Å². The van der Waals surface area contributed by atoms with Crippen LogP contribution in [0.4, 0.5) is 0 Å². The van der Waals surface area contributed by atoms with Gasteiger partial charge in [0, 0.05) is 17.0 Å². The van der Waals surface area contributed by atoms with Crippen LogP contribution >= 0.6 is 0 Å². The van der Waals surface area contributed by atoms with Gasteiger partial charge in [0.15, 0.2) is 5.78 Å². The largest absolute Gasteiger partial charge is 0.487 e. The number of ether oxygens (including phenoxy) is 1. The Bertz CT molecular complexity index is 1440. The lowest BCUT2D eigenvalue weighted by atomic mass is 10.0. The van der Waals surface area contributed by atoms with E-state index in [1.165, 1.54) is 6.07 Å². The molecule has 7 heteroatoms. The second-order valence-corrected chi connectivity index (χ2v) is 7.66. The number of rotatable bonds is 6. The summed E-state index contributed by atoms with van der Waals surface area (Å²) >= 11 is 0. The van der Waals surface area contributed by atoms with Crippen LogP contribution in [0.25, 0.3) is 10.9 Å². The fourth-order valence-corrected chi connectivity index (χ4v) is 3.94. The number of Topliss-reactive ketones (excluding diaryl/α,β-unsaturated/α-hetero) is 1. The van der Waals surface area contributed by atoms with E-state index in [1.807, 2.05) is 30.3 Å². The van der Waals surface area contributed by atoms with Gasteiger partial charge in [-0.15, -0.1) is 0 Å². The zero-order valence-electron chi connectivity index (χ0n) is 17.4. The zero-order chi connectivity index (χ0) is 22.9. The third-order valence-electron chi connectivity index (χ3n) is 5.57. The number of carbonyl (C=O) groups is 3. The van der Waals surface area contributed by atoms with Crippen molar-refractivity contribution in [3.05, 3.63) is 111 Å². The Labute approximate surface area is 188 Å². The molecule has 33 heavy (non-hydrogen) atoms. The number of nitrogens with zero attached hydrogens (tertiary/aromatic N) is 1. The number of aromatic amines is 1. The van der Waals surface area contributed by atoms with Crippen LogP contribution < -0.4 is 10.3 Å². The number of ketones is 1. The number of benzene rings is 3. The summed E-state index contributed by atoms with van der Waals surface area (Å²) in [5, 5.41) is 0.474. The molecule has 2 amide bonds. The van der Waals surface area contributed by atoms with Crippen LogP contribution in [0.1, 0.15) is 36.6 Å². The Morgan fingerprint density at radius 2 is 1.45 bits per heavy atom. The van der Waals surface area contributed by atoms with Gasteiger partial charge >= 0.3 is 0 Å². The number of imide groups is 1. The van der Waals surface area contributed by atoms with Gasteiger partial charge < -0.3 is 9.72 Å². The Hall–Kier alpha value is -4.52. The van der Waals surface area contributed by atoms with Crippen molar-refractivity contribution >= 4 is 28.5 Å². The van der Waals surface area contributed by atoms with E-state index in [9.17, 15) is 19.2 Å². The van der Waals surface area contributed by atoms with E-state index in [-0.39, 0.29) is 28.9 Å². The van der Waals surface area contributed by atoms with Gasteiger partial charge in [-0.1, -0.05) is 42.5 Å². The number of hydrogen-bond acceptors (Lipinski definition) is 5. The first-order valence-electron chi connectivity index (χ1n) is 10.3. The first-order chi connectivity index (χ1) is 16.0. The van der Waals surface area contributed by atoms with E-state index in [1.54, 1.807) is 42.5 Å². The van der Waals surface area contributed by atoms with Crippen LogP contribution in [-0.4, -0.2) is 34.0 Å². The minimum absolute atomic E-state index is 0.282. The molecule has 0 saturated carbocycles. The van der Waals surface area contributed by atoms with Crippen molar-refractivity contribution in [1.82, 2.24) is 9.88 Å². The molecule has 5 rings (SSSR count). The molecule has 0 atom stereocenters. The molecular weight excluding hydrogens is 420 g/mol. The van der Waals surface area contributed by atoms with Crippen LogP contribution in [0.3, 0.4) is 0 Å². The summed E-state index contributed by atoms with van der Waals surface area (Å²) in [6.45, 7) is -0.111. The second-order valence-electron chi connectivity index (χ2n) is 7.66. The van der Waals surface area contributed by atoms with Crippen LogP contribution in [-0.2, 0) is 6.61 Å². The lowest BCUT2D eigenvalue weighted by Gasteiger charge is -2.15. The van der Waals surface area contributed by atoms with Gasteiger partial charge in [0.25, 0.3) is 11.8 Å². The number of aromatic nitrogens is 1. The highest BCUT2D eigenvalue weighted by atomic mass is 16.5. The number of hydrogen-bond donors (Lipinski definition) is 1. The summed E-state index contributed by atoms with van der Waals surface area (Å²) < 4.78 is 5.90. The minimum atomic E-state index is -0.496. The van der Waals surface area contributed by atoms with E-state index in [0.29, 0.717) is 16.7 Å². The molecule has 7 nitrogen and oxygen atoms in total. The zero-order valence-corrected chi connectivity index (χ0v) is 17.4. The highest BCUT2D eigenvalue weighted by Gasteiger charge is 2.36. The summed E-state index contributed by atoms with van der Waals surface area (Å²) in [7, 11) is 0. The SMILES string of the molecule is O=C(CN1C(=O)c2ccccc2C1=O)c1ccc(OCc2ccccc2)c2[nH]c(=O)ccc12. The predicted molar refractivity (Wildman–Crippen MR) is 121 cm³/mol. The molecule has 1 N–H and O–H groups in total. The topological polar surface area (TPSA) is 96.5 Å². The van der Waals surface area contributed by atoms with Crippen molar-refractivity contribution in [3.63, 3.8) is 0 Å². The van der Waals surface area contributed by atoms with Crippen LogP contribution in [0.5, 0.6) is 5.75 Å². The second kappa shape index (κ2) is 8.20. The van der Waals surface area contributed by atoms with Crippen LogP contribution in [0, 0.1) is 0 Å². The average molecular weight is 438 g/mol. The molecule has 4 aromatic rings. The molecule has 162 valence electrons. The van der Waals surface area contributed by atoms with Gasteiger partial charge in [-0.3, -0.25) is 24.1 Å². The number of fused-ring (bicyclic) bond motifs is 2. The summed E-state index contributed by atoms with van der Waals surface area (Å²) in [5.41, 5.74) is 1.85. The molecule has 0 radical (unpaired) electrons. The highest BCUT2D eigenvalue weighted by molar-refractivity contribution is 6.23. The van der Waals surface area contributed by atoms with Gasteiger partial charge in [0.05, 0.1) is 23.2 Å². The Morgan fingerprint density at radius 3 is 2.15 bits per heavy atom. The summed E-state index contributed by atoms with van der Waals surface area (Å²) in [6.07, 6.45) is 0. The molecule has 0 unspecified atom stereocenters. The summed E-state index contributed by atoms with van der Waals surface area (Å²) in [4.78, 5) is 54.1. The Kier molecular flexibility index (Phi) is 5.06. The molecule has 0 spiro atoms. The standard InChI is InChI=1S/C26H18N2O5/c29-21(14-28-25(31)19-8-4-5-9-20(19)26(28)32)17-10-12-22(24-18(17)11-13-23(30)27-24)33-15-16-6-2-1-3-7-16/h1-13H,14-15H2,(H,27,30). The van der Waals surface area contributed by atoms with Gasteiger partial charge in [0.2, 0.25) is 5.56 Å². The maximum absolute atomic E-state index is 13.2. The van der Waals surface area contributed by atoms with Crippen molar-refractivity contribution in [3.8, 4) is 5.75 Å². The molecule has 2 heterocycles. The van der Waals surface area contributed by atoms with E-state index in [4.69, 9.17) is 4.74 Å². The molecular formula is C26H18N2O5. The average Bonchev–Trinajstić information content (AvgIpc) is 3.08. The number of carbonyl (C=O) groups excluding carboxylic acids is 3. The lowest BCUT2D eigenvalue weighted by molar-refractivity contribution is 0.0624. The van der Waals surface area contributed by atoms with Crippen molar-refractivity contribution < 1.29 is 19.1 Å². The highest BCUT2D eigenvalue weighted by Crippen LogP contribution is 2.28. The van der Waals surface area contributed by atoms with Gasteiger partial charge in [-0.25, -0.2) is 0 Å². The molecule has 0 bridgehead atoms. The number of H-pyrrole nitrogens is 1. The molecule has 1 aromatic heterocycles. The molecule has 0 fully saturated rings. The van der Waals surface area contributed by atoms with E-state index in [2.05, 4.69) is 4.98 Å². The minimum Gasteiger partial charge on any atom is -0.487 e. The smallest absolute Gasteiger partial charge is 0.261 e. The molecule has 0 aliphatic carbocycles. The quantitative estimate of drug-likeness (QED) is 0.367. The van der Waals surface area contributed by atoms with Crippen LogP contribution in [0.15, 0.2) is 83.7 Å². The van der Waals surface area contributed by atoms with E-state index in [0.717, 1.165) is 10.5 Å². The maximum Gasteiger partial charge on any atom is 0.261 e. The van der Waals surface area contributed by atoms with E-state index >= 15 is 0 Å². The number of nitrogens with one attached hydrogen (secondary N) is 1. The number of pyridine rings is 1. The normalized spacial score (nSPS) is 12.8. The number of amides is 2. The maximum atomic E-state index is 13.2. The van der Waals surface area contributed by atoms with Crippen molar-refractivity contribution in [2.24, 2.45) is 0 Å². The Balaban J connectivity index is 1.45. The first-order valence-corrected chi connectivity index (χ1v) is 10.3. The van der Waals surface area contributed by atoms with Crippen molar-refractivity contribution in [2.75, 3.05) is 6.54 Å². The molecule has 1 aliphatic heterocycles. The van der Waals surface area contributed by atoms with Crippen molar-refractivity contribution in [1.29, 1.82) is 0 Å². The predicted octanol–water partition coefficient (Wildman–Crippen LogP) is 3.59. The third kappa shape index (κ3) is 3.70. The van der Waals surface area contributed by atoms with Crippen LogP contribution in [0.2, 0.25) is 0 Å². The monoisotopic (exact) mass is 438 g/mol.